The number of nitrogens with one attached hydrogen (secondary N) is 2. The average Bonchev–Trinajstić information content (AvgIpc) is 3.49. The Morgan fingerprint density at radius 3 is 2.62 bits per heavy atom. The van der Waals surface area contributed by atoms with Crippen LogP contribution < -0.4 is 5.32 Å². The molecule has 3 aromatic carbocycles. The third kappa shape index (κ3) is 4.67. The quantitative estimate of drug-likeness (QED) is 0.275. The van der Waals surface area contributed by atoms with Crippen molar-refractivity contribution in [1.29, 1.82) is 0 Å². The van der Waals surface area contributed by atoms with Crippen molar-refractivity contribution >= 4 is 28.3 Å². The molecule has 1 unspecified atom stereocenters. The monoisotopic (exact) mass is 468 g/mol. The van der Waals surface area contributed by atoms with Gasteiger partial charge in [-0.25, -0.2) is 4.98 Å². The normalized spacial score (nSPS) is 12.2. The van der Waals surface area contributed by atoms with Crippen LogP contribution in [-0.2, 0) is 13.5 Å². The number of halogens is 1. The van der Waals surface area contributed by atoms with E-state index in [1.54, 1.807) is 6.33 Å². The van der Waals surface area contributed by atoms with Crippen molar-refractivity contribution in [3.63, 3.8) is 0 Å². The Morgan fingerprint density at radius 2 is 1.88 bits per heavy atom. The molecule has 34 heavy (non-hydrogen) atoms. The summed E-state index contributed by atoms with van der Waals surface area (Å²) in [5, 5.41) is 5.11. The molecule has 2 aromatic heterocycles. The SMILES string of the molecule is Cn1cnc(-c2ccc3c(C(=O)C(NCCc4ccc(Cl)cc4)c4ccccc4)c[nH]c3c2)c1. The molecule has 170 valence electrons. The summed E-state index contributed by atoms with van der Waals surface area (Å²) in [5.41, 5.74) is 5.62. The van der Waals surface area contributed by atoms with E-state index in [1.165, 1.54) is 5.56 Å². The third-order valence-electron chi connectivity index (χ3n) is 6.02. The molecule has 1 atom stereocenters. The second kappa shape index (κ2) is 9.67. The molecule has 2 heterocycles. The Balaban J connectivity index is 1.40. The van der Waals surface area contributed by atoms with Gasteiger partial charge in [0.2, 0.25) is 0 Å². The van der Waals surface area contributed by atoms with E-state index in [4.69, 9.17) is 11.6 Å². The zero-order valence-corrected chi connectivity index (χ0v) is 19.6. The lowest BCUT2D eigenvalue weighted by molar-refractivity contribution is 0.0945. The van der Waals surface area contributed by atoms with Crippen LogP contribution in [0.25, 0.3) is 22.2 Å². The summed E-state index contributed by atoms with van der Waals surface area (Å²) in [4.78, 5) is 21.5. The Hall–Kier alpha value is -3.67. The number of fused-ring (bicyclic) bond motifs is 1. The van der Waals surface area contributed by atoms with Crippen molar-refractivity contribution in [2.24, 2.45) is 7.05 Å². The number of rotatable bonds is 8. The molecule has 2 N–H and O–H groups in total. The summed E-state index contributed by atoms with van der Waals surface area (Å²) in [6, 6.07) is 23.3. The second-order valence-electron chi connectivity index (χ2n) is 8.43. The number of hydrogen-bond acceptors (Lipinski definition) is 3. The topological polar surface area (TPSA) is 62.7 Å². The minimum atomic E-state index is -0.442. The molecular formula is C28H25ClN4O. The molecule has 0 saturated carbocycles. The van der Waals surface area contributed by atoms with Gasteiger partial charge in [0.15, 0.2) is 5.78 Å². The van der Waals surface area contributed by atoms with Crippen molar-refractivity contribution < 1.29 is 4.79 Å². The minimum absolute atomic E-state index is 0.0409. The highest BCUT2D eigenvalue weighted by atomic mass is 35.5. The Labute approximate surface area is 203 Å². The number of carbonyl (C=O) groups is 1. The fourth-order valence-electron chi connectivity index (χ4n) is 4.23. The van der Waals surface area contributed by atoms with E-state index < -0.39 is 6.04 Å². The zero-order chi connectivity index (χ0) is 23.5. The van der Waals surface area contributed by atoms with E-state index in [1.807, 2.05) is 96.8 Å². The van der Waals surface area contributed by atoms with Crippen LogP contribution in [-0.4, -0.2) is 26.9 Å². The Morgan fingerprint density at radius 1 is 1.09 bits per heavy atom. The maximum absolute atomic E-state index is 13.8. The van der Waals surface area contributed by atoms with E-state index in [9.17, 15) is 4.79 Å². The van der Waals surface area contributed by atoms with Crippen LogP contribution in [0.5, 0.6) is 0 Å². The summed E-state index contributed by atoms with van der Waals surface area (Å²) in [7, 11) is 1.95. The first-order chi connectivity index (χ1) is 16.6. The molecule has 0 aliphatic heterocycles. The first kappa shape index (κ1) is 22.1. The molecule has 0 amide bonds. The van der Waals surface area contributed by atoms with Crippen LogP contribution in [0.15, 0.2) is 91.5 Å². The smallest absolute Gasteiger partial charge is 0.186 e. The molecule has 0 radical (unpaired) electrons. The highest BCUT2D eigenvalue weighted by Gasteiger charge is 2.24. The number of ketones is 1. The number of carbonyl (C=O) groups excluding carboxylic acids is 1. The van der Waals surface area contributed by atoms with Crippen LogP contribution in [0.1, 0.15) is 27.5 Å². The lowest BCUT2D eigenvalue weighted by Crippen LogP contribution is -2.30. The number of H-pyrrole nitrogens is 1. The van der Waals surface area contributed by atoms with Crippen LogP contribution >= 0.6 is 11.6 Å². The Kier molecular flexibility index (Phi) is 6.30. The first-order valence-electron chi connectivity index (χ1n) is 11.2. The molecule has 0 aliphatic carbocycles. The maximum atomic E-state index is 13.8. The van der Waals surface area contributed by atoms with E-state index in [-0.39, 0.29) is 5.78 Å². The highest BCUT2D eigenvalue weighted by molar-refractivity contribution is 6.30. The lowest BCUT2D eigenvalue weighted by atomic mass is 9.96. The zero-order valence-electron chi connectivity index (χ0n) is 18.8. The average molecular weight is 469 g/mol. The largest absolute Gasteiger partial charge is 0.360 e. The van der Waals surface area contributed by atoms with Gasteiger partial charge in [-0.05, 0) is 35.7 Å². The van der Waals surface area contributed by atoms with Gasteiger partial charge in [-0.15, -0.1) is 0 Å². The molecule has 5 nitrogen and oxygen atoms in total. The lowest BCUT2D eigenvalue weighted by Gasteiger charge is -2.18. The Bertz CT molecular complexity index is 1420. The summed E-state index contributed by atoms with van der Waals surface area (Å²) >= 11 is 6.00. The highest BCUT2D eigenvalue weighted by Crippen LogP contribution is 2.28. The fourth-order valence-corrected chi connectivity index (χ4v) is 4.35. The third-order valence-corrected chi connectivity index (χ3v) is 6.27. The number of aromatic amines is 1. The molecule has 0 saturated heterocycles. The number of aryl methyl sites for hydroxylation is 1. The summed E-state index contributed by atoms with van der Waals surface area (Å²) in [5.74, 6) is 0.0409. The van der Waals surface area contributed by atoms with E-state index in [0.29, 0.717) is 12.1 Å². The van der Waals surface area contributed by atoms with Crippen molar-refractivity contribution in [3.8, 4) is 11.3 Å². The minimum Gasteiger partial charge on any atom is -0.360 e. The molecule has 0 spiro atoms. The van der Waals surface area contributed by atoms with Crippen LogP contribution in [0.2, 0.25) is 5.02 Å². The first-order valence-corrected chi connectivity index (χ1v) is 11.6. The van der Waals surface area contributed by atoms with Crippen molar-refractivity contribution in [2.75, 3.05) is 6.54 Å². The van der Waals surface area contributed by atoms with Gasteiger partial charge in [-0.3, -0.25) is 4.79 Å². The number of aromatic nitrogens is 3. The fraction of sp³-hybridized carbons (Fsp3) is 0.143. The van der Waals surface area contributed by atoms with Crippen molar-refractivity contribution in [3.05, 3.63) is 113 Å². The predicted molar refractivity (Wildman–Crippen MR) is 137 cm³/mol. The van der Waals surface area contributed by atoms with Crippen LogP contribution in [0, 0.1) is 0 Å². The van der Waals surface area contributed by atoms with Gasteiger partial charge in [0.25, 0.3) is 0 Å². The van der Waals surface area contributed by atoms with Crippen LogP contribution in [0.3, 0.4) is 0 Å². The van der Waals surface area contributed by atoms with Gasteiger partial charge >= 0.3 is 0 Å². The summed E-state index contributed by atoms with van der Waals surface area (Å²) < 4.78 is 1.92. The molecule has 0 aliphatic rings. The standard InChI is InChI=1S/C28H25ClN4O/c1-33-17-26(32-18-33)21-9-12-23-24(16-31-25(23)15-21)28(34)27(20-5-3-2-4-6-20)30-14-13-19-7-10-22(29)11-8-19/h2-12,15-18,27,30-31H,13-14H2,1H3. The van der Waals surface area contributed by atoms with E-state index in [0.717, 1.165) is 39.2 Å². The molecule has 6 heteroatoms. The number of imidazole rings is 1. The van der Waals surface area contributed by atoms with Crippen LogP contribution in [0.4, 0.5) is 0 Å². The number of benzene rings is 3. The number of hydrogen-bond donors (Lipinski definition) is 2. The summed E-state index contributed by atoms with van der Waals surface area (Å²) in [6.07, 6.45) is 6.37. The van der Waals surface area contributed by atoms with E-state index >= 15 is 0 Å². The molecule has 0 bridgehead atoms. The van der Waals surface area contributed by atoms with Crippen molar-refractivity contribution in [2.45, 2.75) is 12.5 Å². The van der Waals surface area contributed by atoms with Crippen molar-refractivity contribution in [1.82, 2.24) is 19.9 Å². The second-order valence-corrected chi connectivity index (χ2v) is 8.86. The van der Waals surface area contributed by atoms with Gasteiger partial charge in [0, 0.05) is 53.0 Å². The number of Topliss-reactive ketones (excluding diaryl/α,β-unsaturated/α-hetero) is 1. The van der Waals surface area contributed by atoms with Gasteiger partial charge < -0.3 is 14.9 Å². The predicted octanol–water partition coefficient (Wildman–Crippen LogP) is 5.98. The van der Waals surface area contributed by atoms with Gasteiger partial charge in [0.05, 0.1) is 18.1 Å². The number of nitrogens with zero attached hydrogens (tertiary/aromatic N) is 2. The molecule has 5 aromatic rings. The van der Waals surface area contributed by atoms with Gasteiger partial charge in [0.1, 0.15) is 0 Å². The van der Waals surface area contributed by atoms with Gasteiger partial charge in [-0.1, -0.05) is 66.2 Å². The molecule has 0 fully saturated rings. The molecular weight excluding hydrogens is 444 g/mol. The van der Waals surface area contributed by atoms with E-state index in [2.05, 4.69) is 15.3 Å². The molecule has 5 rings (SSSR count). The van der Waals surface area contributed by atoms with Gasteiger partial charge in [-0.2, -0.15) is 0 Å². The summed E-state index contributed by atoms with van der Waals surface area (Å²) in [6.45, 7) is 0.666. The maximum Gasteiger partial charge on any atom is 0.186 e.